The van der Waals surface area contributed by atoms with Crippen molar-refractivity contribution in [1.29, 1.82) is 5.26 Å². The van der Waals surface area contributed by atoms with Crippen LogP contribution in [0, 0.1) is 23.2 Å². The maximum atomic E-state index is 10.8. The van der Waals surface area contributed by atoms with Gasteiger partial charge in [-0.25, -0.2) is 4.79 Å². The first-order valence-electron chi connectivity index (χ1n) is 11.2. The zero-order valence-electron chi connectivity index (χ0n) is 17.5. The zero-order chi connectivity index (χ0) is 20.9. The van der Waals surface area contributed by atoms with Crippen LogP contribution in [0.3, 0.4) is 0 Å². The Labute approximate surface area is 179 Å². The number of carboxylic acid groups (broad SMARTS) is 1. The summed E-state index contributed by atoms with van der Waals surface area (Å²) in [6.07, 6.45) is 19.4. The maximum Gasteiger partial charge on any atom is 0.346 e. The molecule has 0 bridgehead atoms. The first kappa shape index (κ1) is 20.5. The zero-order valence-corrected chi connectivity index (χ0v) is 17.5. The molecule has 3 unspecified atom stereocenters. The summed E-state index contributed by atoms with van der Waals surface area (Å²) in [5.74, 6) is 0.757. The van der Waals surface area contributed by atoms with E-state index in [1.165, 1.54) is 68.8 Å². The van der Waals surface area contributed by atoms with Crippen LogP contribution >= 0.6 is 0 Å². The van der Waals surface area contributed by atoms with E-state index >= 15 is 0 Å². The van der Waals surface area contributed by atoms with E-state index in [0.717, 1.165) is 23.8 Å². The quantitative estimate of drug-likeness (QED) is 0.401. The Hall–Kier alpha value is -2.80. The van der Waals surface area contributed by atoms with E-state index in [-0.39, 0.29) is 5.57 Å². The number of hydrogen-bond donors (Lipinski definition) is 1. The number of allylic oxidation sites excluding steroid dienone is 4. The molecule has 30 heavy (non-hydrogen) atoms. The van der Waals surface area contributed by atoms with Gasteiger partial charge in [0.1, 0.15) is 11.6 Å². The Morgan fingerprint density at radius 2 is 1.97 bits per heavy atom. The lowest BCUT2D eigenvalue weighted by Gasteiger charge is -2.43. The number of rotatable bonds is 5. The van der Waals surface area contributed by atoms with Gasteiger partial charge in [0.2, 0.25) is 0 Å². The highest BCUT2D eigenvalue weighted by molar-refractivity contribution is 5.91. The molecule has 3 atom stereocenters. The van der Waals surface area contributed by atoms with Crippen molar-refractivity contribution in [2.75, 3.05) is 11.4 Å². The number of aliphatic carboxylic acids is 1. The highest BCUT2D eigenvalue weighted by Crippen LogP contribution is 2.45. The van der Waals surface area contributed by atoms with Crippen LogP contribution in [0.5, 0.6) is 0 Å². The van der Waals surface area contributed by atoms with Gasteiger partial charge in [-0.3, -0.25) is 0 Å². The lowest BCUT2D eigenvalue weighted by Crippen LogP contribution is -2.43. The van der Waals surface area contributed by atoms with Crippen LogP contribution < -0.4 is 4.90 Å². The highest BCUT2D eigenvalue weighted by atomic mass is 16.4. The van der Waals surface area contributed by atoms with Crippen molar-refractivity contribution in [3.8, 4) is 6.07 Å². The predicted molar refractivity (Wildman–Crippen MR) is 120 cm³/mol. The molecule has 0 aromatic heterocycles. The summed E-state index contributed by atoms with van der Waals surface area (Å²) in [7, 11) is 0. The fourth-order valence-electron chi connectivity index (χ4n) is 5.63. The Morgan fingerprint density at radius 1 is 1.10 bits per heavy atom. The van der Waals surface area contributed by atoms with Gasteiger partial charge in [-0.05, 0) is 73.3 Å². The molecule has 2 aliphatic carbocycles. The molecule has 1 aromatic rings. The minimum atomic E-state index is -1.20. The molecule has 2 fully saturated rings. The largest absolute Gasteiger partial charge is 0.477 e. The average Bonchev–Trinajstić information content (AvgIpc) is 3.23. The van der Waals surface area contributed by atoms with Gasteiger partial charge in [0.15, 0.2) is 0 Å². The highest BCUT2D eigenvalue weighted by Gasteiger charge is 2.36. The van der Waals surface area contributed by atoms with E-state index < -0.39 is 5.97 Å². The summed E-state index contributed by atoms with van der Waals surface area (Å²) >= 11 is 0. The normalized spacial score (nSPS) is 26.6. The van der Waals surface area contributed by atoms with Gasteiger partial charge in [0, 0.05) is 18.3 Å². The van der Waals surface area contributed by atoms with Crippen LogP contribution in [0.15, 0.2) is 48.1 Å². The minimum Gasteiger partial charge on any atom is -0.477 e. The fourth-order valence-corrected chi connectivity index (χ4v) is 5.63. The van der Waals surface area contributed by atoms with Gasteiger partial charge >= 0.3 is 5.97 Å². The lowest BCUT2D eigenvalue weighted by molar-refractivity contribution is -0.132. The monoisotopic (exact) mass is 402 g/mol. The molecule has 0 saturated heterocycles. The van der Waals surface area contributed by atoms with E-state index in [2.05, 4.69) is 23.1 Å². The van der Waals surface area contributed by atoms with Gasteiger partial charge in [0.25, 0.3) is 0 Å². The fraction of sp³-hybridized carbons (Fsp3) is 0.462. The van der Waals surface area contributed by atoms with Crippen LogP contribution in [0.25, 0.3) is 6.08 Å². The van der Waals surface area contributed by atoms with Gasteiger partial charge in [-0.1, -0.05) is 49.6 Å². The van der Waals surface area contributed by atoms with Crippen molar-refractivity contribution in [2.45, 2.75) is 57.4 Å². The van der Waals surface area contributed by atoms with Crippen molar-refractivity contribution in [3.05, 3.63) is 59.2 Å². The standard InChI is InChI=1S/C26H30N2O2/c27-18-23(26(29)30)7-3-1-2-6-19-11-14-25-22(16-19)10-5-15-28(25)24-13-12-20-8-4-9-21(20)17-24/h1-3,6-7,11,14,16,20-21,24H,4-5,8-10,12-13,15,17H2,(H,29,30). The van der Waals surface area contributed by atoms with E-state index in [1.807, 2.05) is 12.2 Å². The number of nitrogens with zero attached hydrogens (tertiary/aromatic N) is 2. The van der Waals surface area contributed by atoms with Gasteiger partial charge in [-0.15, -0.1) is 0 Å². The molecule has 3 aliphatic rings. The second-order valence-electron chi connectivity index (χ2n) is 8.84. The van der Waals surface area contributed by atoms with Crippen LogP contribution in [0.1, 0.15) is 56.1 Å². The van der Waals surface area contributed by atoms with Crippen molar-refractivity contribution < 1.29 is 9.90 Å². The summed E-state index contributed by atoms with van der Waals surface area (Å²) in [5.41, 5.74) is 3.76. The molecule has 2 saturated carbocycles. The number of aryl methyl sites for hydroxylation is 1. The van der Waals surface area contributed by atoms with Crippen LogP contribution in [-0.4, -0.2) is 23.7 Å². The lowest BCUT2D eigenvalue weighted by atomic mass is 9.78. The van der Waals surface area contributed by atoms with E-state index in [4.69, 9.17) is 10.4 Å². The van der Waals surface area contributed by atoms with Gasteiger partial charge < -0.3 is 10.0 Å². The molecule has 0 spiro atoms. The Morgan fingerprint density at radius 3 is 2.80 bits per heavy atom. The molecule has 1 heterocycles. The molecular formula is C26H30N2O2. The number of fused-ring (bicyclic) bond motifs is 2. The molecule has 4 rings (SSSR count). The van der Waals surface area contributed by atoms with E-state index in [9.17, 15) is 4.79 Å². The van der Waals surface area contributed by atoms with E-state index in [0.29, 0.717) is 6.04 Å². The predicted octanol–water partition coefficient (Wildman–Crippen LogP) is 5.51. The van der Waals surface area contributed by atoms with Crippen LogP contribution in [0.2, 0.25) is 0 Å². The second-order valence-corrected chi connectivity index (χ2v) is 8.84. The third kappa shape index (κ3) is 4.51. The number of carboxylic acids is 1. The summed E-state index contributed by atoms with van der Waals surface area (Å²) in [6.45, 7) is 1.18. The van der Waals surface area contributed by atoms with Gasteiger partial charge in [0.05, 0.1) is 0 Å². The third-order valence-electron chi connectivity index (χ3n) is 7.09. The molecule has 0 amide bonds. The van der Waals surface area contributed by atoms with Crippen molar-refractivity contribution >= 4 is 17.7 Å². The molecule has 0 radical (unpaired) electrons. The number of nitriles is 1. The Balaban J connectivity index is 1.43. The van der Waals surface area contributed by atoms with Crippen molar-refractivity contribution in [1.82, 2.24) is 0 Å². The topological polar surface area (TPSA) is 64.3 Å². The molecule has 1 aromatic carbocycles. The molecule has 1 aliphatic heterocycles. The molecule has 4 nitrogen and oxygen atoms in total. The maximum absolute atomic E-state index is 10.8. The van der Waals surface area contributed by atoms with Crippen LogP contribution in [-0.2, 0) is 11.2 Å². The van der Waals surface area contributed by atoms with E-state index in [1.54, 1.807) is 18.2 Å². The number of carbonyl (C=O) groups is 1. The van der Waals surface area contributed by atoms with Crippen LogP contribution in [0.4, 0.5) is 5.69 Å². The Bertz CT molecular complexity index is 921. The summed E-state index contributed by atoms with van der Waals surface area (Å²) < 4.78 is 0. The van der Waals surface area contributed by atoms with Gasteiger partial charge in [-0.2, -0.15) is 5.26 Å². The van der Waals surface area contributed by atoms with Crippen molar-refractivity contribution in [2.24, 2.45) is 11.8 Å². The second kappa shape index (κ2) is 9.34. The summed E-state index contributed by atoms with van der Waals surface area (Å²) in [6, 6.07) is 9.14. The third-order valence-corrected chi connectivity index (χ3v) is 7.09. The molecule has 156 valence electrons. The summed E-state index contributed by atoms with van der Waals surface area (Å²) in [4.78, 5) is 13.5. The molecule has 4 heteroatoms. The first-order chi connectivity index (χ1) is 14.7. The molecule has 1 N–H and O–H groups in total. The smallest absolute Gasteiger partial charge is 0.346 e. The SMILES string of the molecule is N#CC(=CC=CC=Cc1ccc2c(c1)CCCN2C1CCC2CCCC2C1)C(=O)O. The average molecular weight is 403 g/mol. The molecular weight excluding hydrogens is 372 g/mol. The first-order valence-corrected chi connectivity index (χ1v) is 11.2. The van der Waals surface area contributed by atoms with Crippen molar-refractivity contribution in [3.63, 3.8) is 0 Å². The number of benzene rings is 1. The summed E-state index contributed by atoms with van der Waals surface area (Å²) in [5, 5.41) is 17.6. The Kier molecular flexibility index (Phi) is 6.38. The minimum absolute atomic E-state index is 0.264. The number of hydrogen-bond acceptors (Lipinski definition) is 3. The number of anilines is 1.